The first-order valence-corrected chi connectivity index (χ1v) is 13.6. The number of likely N-dealkylation sites (tertiary alicyclic amines) is 1. The summed E-state index contributed by atoms with van der Waals surface area (Å²) in [6, 6.07) is 21.3. The highest BCUT2D eigenvalue weighted by molar-refractivity contribution is 7.92. The molecule has 1 heterocycles. The molecule has 1 saturated heterocycles. The predicted molar refractivity (Wildman–Crippen MR) is 142 cm³/mol. The minimum Gasteiger partial charge on any atom is -0.497 e. The van der Waals surface area contributed by atoms with E-state index in [9.17, 15) is 13.2 Å². The summed E-state index contributed by atoms with van der Waals surface area (Å²) >= 11 is 0. The summed E-state index contributed by atoms with van der Waals surface area (Å²) in [5.74, 6) is 0.185. The van der Waals surface area contributed by atoms with Crippen LogP contribution in [0.25, 0.3) is 0 Å². The highest BCUT2D eigenvalue weighted by Crippen LogP contribution is 2.25. The van der Waals surface area contributed by atoms with E-state index in [0.29, 0.717) is 18.0 Å². The van der Waals surface area contributed by atoms with Crippen molar-refractivity contribution in [3.8, 4) is 5.75 Å². The molecule has 1 aliphatic heterocycles. The van der Waals surface area contributed by atoms with Crippen molar-refractivity contribution < 1.29 is 17.9 Å². The van der Waals surface area contributed by atoms with E-state index >= 15 is 0 Å². The minimum atomic E-state index is -3.98. The Morgan fingerprint density at radius 1 is 0.944 bits per heavy atom. The number of nitrogens with one attached hydrogen (secondary N) is 1. The van der Waals surface area contributed by atoms with Crippen molar-refractivity contribution in [1.29, 1.82) is 0 Å². The first-order valence-electron chi connectivity index (χ1n) is 12.2. The van der Waals surface area contributed by atoms with Crippen LogP contribution in [0.15, 0.2) is 77.7 Å². The molecule has 0 spiro atoms. The van der Waals surface area contributed by atoms with Gasteiger partial charge >= 0.3 is 0 Å². The van der Waals surface area contributed by atoms with Crippen LogP contribution < -0.4 is 14.4 Å². The topological polar surface area (TPSA) is 79.0 Å². The average Bonchev–Trinajstić information content (AvgIpc) is 3.40. The molecule has 36 heavy (non-hydrogen) atoms. The number of amides is 1. The molecule has 1 N–H and O–H groups in total. The number of benzene rings is 3. The molecule has 7 nitrogen and oxygen atoms in total. The number of aryl methyl sites for hydroxylation is 1. The Morgan fingerprint density at radius 2 is 1.58 bits per heavy atom. The summed E-state index contributed by atoms with van der Waals surface area (Å²) in [5, 5.41) is 2.93. The van der Waals surface area contributed by atoms with Crippen LogP contribution in [0.2, 0.25) is 0 Å². The van der Waals surface area contributed by atoms with Gasteiger partial charge in [-0.25, -0.2) is 8.42 Å². The zero-order valence-electron chi connectivity index (χ0n) is 20.8. The number of hydrogen-bond donors (Lipinski definition) is 1. The van der Waals surface area contributed by atoms with E-state index in [2.05, 4.69) is 16.3 Å². The minimum absolute atomic E-state index is 0.0904. The lowest BCUT2D eigenvalue weighted by atomic mass is 10.1. The Kier molecular flexibility index (Phi) is 8.28. The molecule has 3 aromatic rings. The van der Waals surface area contributed by atoms with Gasteiger partial charge in [0.1, 0.15) is 12.3 Å². The van der Waals surface area contributed by atoms with E-state index in [-0.39, 0.29) is 17.3 Å². The highest BCUT2D eigenvalue weighted by Gasteiger charge is 2.27. The second kappa shape index (κ2) is 11.6. The van der Waals surface area contributed by atoms with Gasteiger partial charge in [-0.3, -0.25) is 14.0 Å². The van der Waals surface area contributed by atoms with Crippen molar-refractivity contribution in [2.75, 3.05) is 31.0 Å². The molecule has 0 bridgehead atoms. The van der Waals surface area contributed by atoms with Crippen molar-refractivity contribution in [3.63, 3.8) is 0 Å². The monoisotopic (exact) mass is 507 g/mol. The van der Waals surface area contributed by atoms with Crippen LogP contribution in [0, 0.1) is 6.92 Å². The Balaban J connectivity index is 1.51. The first kappa shape index (κ1) is 25.7. The van der Waals surface area contributed by atoms with Crippen molar-refractivity contribution in [3.05, 3.63) is 89.5 Å². The number of carbonyl (C=O) groups excluding carboxylic acids is 1. The predicted octanol–water partition coefficient (Wildman–Crippen LogP) is 4.11. The quantitative estimate of drug-likeness (QED) is 0.447. The van der Waals surface area contributed by atoms with Gasteiger partial charge in [0.2, 0.25) is 5.91 Å². The molecular weight excluding hydrogens is 474 g/mol. The third kappa shape index (κ3) is 6.25. The van der Waals surface area contributed by atoms with Gasteiger partial charge in [0, 0.05) is 13.1 Å². The van der Waals surface area contributed by atoms with Gasteiger partial charge in [-0.15, -0.1) is 0 Å². The first-order chi connectivity index (χ1) is 17.4. The summed E-state index contributed by atoms with van der Waals surface area (Å²) in [5.41, 5.74) is 3.65. The molecule has 0 atom stereocenters. The lowest BCUT2D eigenvalue weighted by Gasteiger charge is -2.24. The third-order valence-corrected chi connectivity index (χ3v) is 8.23. The van der Waals surface area contributed by atoms with Crippen molar-refractivity contribution >= 4 is 21.6 Å². The van der Waals surface area contributed by atoms with Crippen molar-refractivity contribution in [2.24, 2.45) is 0 Å². The van der Waals surface area contributed by atoms with E-state index in [1.165, 1.54) is 37.6 Å². The van der Waals surface area contributed by atoms with E-state index in [4.69, 9.17) is 4.74 Å². The maximum absolute atomic E-state index is 13.6. The third-order valence-electron chi connectivity index (χ3n) is 6.44. The Labute approximate surface area is 213 Å². The van der Waals surface area contributed by atoms with Gasteiger partial charge in [-0.1, -0.05) is 42.0 Å². The maximum Gasteiger partial charge on any atom is 0.264 e. The van der Waals surface area contributed by atoms with E-state index in [1.54, 1.807) is 24.3 Å². The van der Waals surface area contributed by atoms with Gasteiger partial charge in [-0.2, -0.15) is 0 Å². The number of hydrogen-bond acceptors (Lipinski definition) is 5. The van der Waals surface area contributed by atoms with Crippen molar-refractivity contribution in [2.45, 2.75) is 37.8 Å². The summed E-state index contributed by atoms with van der Waals surface area (Å²) in [6.07, 6.45) is 2.44. The van der Waals surface area contributed by atoms with E-state index in [1.807, 2.05) is 37.3 Å². The van der Waals surface area contributed by atoms with Crippen LogP contribution in [0.1, 0.15) is 29.5 Å². The molecule has 4 rings (SSSR count). The fraction of sp³-hybridized carbons (Fsp3) is 0.321. The van der Waals surface area contributed by atoms with Crippen LogP contribution in [-0.2, 0) is 27.9 Å². The van der Waals surface area contributed by atoms with Gasteiger partial charge in [0.15, 0.2) is 0 Å². The van der Waals surface area contributed by atoms with Crippen molar-refractivity contribution in [1.82, 2.24) is 10.2 Å². The van der Waals surface area contributed by atoms with Gasteiger partial charge in [0.25, 0.3) is 10.0 Å². The maximum atomic E-state index is 13.6. The van der Waals surface area contributed by atoms with Crippen LogP contribution in [0.3, 0.4) is 0 Å². The normalized spacial score (nSPS) is 13.9. The summed E-state index contributed by atoms with van der Waals surface area (Å²) in [6.45, 7) is 4.98. The SMILES string of the molecule is COc1ccc(S(=O)(=O)N(CC(=O)NCc2ccccc2CN2CCCC2)c2ccc(C)cc2)cc1. The Bertz CT molecular complexity index is 1270. The number of sulfonamides is 1. The Hall–Kier alpha value is -3.36. The zero-order valence-corrected chi connectivity index (χ0v) is 21.6. The summed E-state index contributed by atoms with van der Waals surface area (Å²) in [4.78, 5) is 15.6. The lowest BCUT2D eigenvalue weighted by Crippen LogP contribution is -2.40. The van der Waals surface area contributed by atoms with Crippen LogP contribution in [0.4, 0.5) is 5.69 Å². The smallest absolute Gasteiger partial charge is 0.264 e. The number of methoxy groups -OCH3 is 1. The van der Waals surface area contributed by atoms with Gasteiger partial charge in [0.05, 0.1) is 17.7 Å². The van der Waals surface area contributed by atoms with Gasteiger partial charge in [-0.05, 0) is 80.4 Å². The standard InChI is InChI=1S/C28H33N3O4S/c1-22-9-11-25(12-10-22)31(36(33,34)27-15-13-26(35-2)14-16-27)21-28(32)29-19-23-7-3-4-8-24(23)20-30-17-5-6-18-30/h3-4,7-16H,5-6,17-21H2,1-2H3,(H,29,32). The fourth-order valence-electron chi connectivity index (χ4n) is 4.35. The number of rotatable bonds is 10. The number of ether oxygens (including phenoxy) is 1. The molecular formula is C28H33N3O4S. The molecule has 0 saturated carbocycles. The molecule has 0 radical (unpaired) electrons. The highest BCUT2D eigenvalue weighted by atomic mass is 32.2. The van der Waals surface area contributed by atoms with E-state index in [0.717, 1.165) is 35.1 Å². The van der Waals surface area contributed by atoms with E-state index < -0.39 is 10.0 Å². The molecule has 0 aliphatic carbocycles. The molecule has 1 aliphatic rings. The van der Waals surface area contributed by atoms with Crippen LogP contribution >= 0.6 is 0 Å². The summed E-state index contributed by atoms with van der Waals surface area (Å²) < 4.78 is 33.5. The largest absolute Gasteiger partial charge is 0.497 e. The molecule has 0 unspecified atom stereocenters. The molecule has 8 heteroatoms. The molecule has 3 aromatic carbocycles. The molecule has 1 amide bonds. The Morgan fingerprint density at radius 3 is 2.22 bits per heavy atom. The van der Waals surface area contributed by atoms with Crippen LogP contribution in [0.5, 0.6) is 5.75 Å². The fourth-order valence-corrected chi connectivity index (χ4v) is 5.77. The van der Waals surface area contributed by atoms with Crippen LogP contribution in [-0.4, -0.2) is 46.0 Å². The second-order valence-electron chi connectivity index (χ2n) is 9.05. The molecule has 1 fully saturated rings. The average molecular weight is 508 g/mol. The summed E-state index contributed by atoms with van der Waals surface area (Å²) in [7, 11) is -2.46. The van der Waals surface area contributed by atoms with Gasteiger partial charge < -0.3 is 10.1 Å². The lowest BCUT2D eigenvalue weighted by molar-refractivity contribution is -0.119. The molecule has 0 aromatic heterocycles. The molecule has 190 valence electrons. The zero-order chi connectivity index (χ0) is 25.5. The second-order valence-corrected chi connectivity index (χ2v) is 10.9. The number of anilines is 1. The number of nitrogens with zero attached hydrogens (tertiary/aromatic N) is 2. The number of carbonyl (C=O) groups is 1.